The Kier molecular flexibility index (Phi) is 3.53. The smallest absolute Gasteiger partial charge is 0.220 e. The number of hydrogen-bond acceptors (Lipinski definition) is 2. The minimum absolute atomic E-state index is 0.162. The predicted octanol–water partition coefficient (Wildman–Crippen LogP) is 0.640. The molecule has 3 heteroatoms. The number of nitrogens with one attached hydrogen (secondary N) is 1. The van der Waals surface area contributed by atoms with Gasteiger partial charge in [-0.05, 0) is 31.6 Å². The van der Waals surface area contributed by atoms with Crippen LogP contribution in [0.15, 0.2) is 0 Å². The van der Waals surface area contributed by atoms with Crippen LogP contribution in [0.2, 0.25) is 0 Å². The molecule has 1 aliphatic carbocycles. The fourth-order valence-corrected chi connectivity index (χ4v) is 1.76. The van der Waals surface area contributed by atoms with Crippen LogP contribution in [-0.2, 0) is 4.79 Å². The summed E-state index contributed by atoms with van der Waals surface area (Å²) in [4.78, 5) is 11.0. The number of hydrogen-bond donors (Lipinski definition) is 2. The zero-order valence-electron chi connectivity index (χ0n) is 7.68. The quantitative estimate of drug-likeness (QED) is 0.639. The largest absolute Gasteiger partial charge is 0.359 e. The third-order valence-corrected chi connectivity index (χ3v) is 2.64. The SMILES string of the molecule is CNC(=O)CC1CCC(N)CC1. The first-order valence-corrected chi connectivity index (χ1v) is 4.68. The van der Waals surface area contributed by atoms with Gasteiger partial charge < -0.3 is 11.1 Å². The summed E-state index contributed by atoms with van der Waals surface area (Å²) in [6.45, 7) is 0. The fraction of sp³-hybridized carbons (Fsp3) is 0.889. The van der Waals surface area contributed by atoms with E-state index in [4.69, 9.17) is 5.73 Å². The first-order chi connectivity index (χ1) is 5.72. The normalized spacial score (nSPS) is 29.8. The molecule has 0 radical (unpaired) electrons. The highest BCUT2D eigenvalue weighted by atomic mass is 16.1. The van der Waals surface area contributed by atoms with Crippen molar-refractivity contribution in [1.82, 2.24) is 5.32 Å². The molecule has 1 rings (SSSR count). The Balaban J connectivity index is 2.21. The van der Waals surface area contributed by atoms with Crippen molar-refractivity contribution in [2.24, 2.45) is 11.7 Å². The Morgan fingerprint density at radius 1 is 1.42 bits per heavy atom. The highest BCUT2D eigenvalue weighted by Crippen LogP contribution is 2.25. The maximum atomic E-state index is 11.0. The summed E-state index contributed by atoms with van der Waals surface area (Å²) < 4.78 is 0. The lowest BCUT2D eigenvalue weighted by Crippen LogP contribution is -2.29. The minimum Gasteiger partial charge on any atom is -0.359 e. The molecule has 0 unspecified atom stereocenters. The van der Waals surface area contributed by atoms with Crippen molar-refractivity contribution in [2.45, 2.75) is 38.1 Å². The number of nitrogens with two attached hydrogens (primary N) is 1. The molecule has 1 aliphatic rings. The van der Waals surface area contributed by atoms with Crippen LogP contribution in [0.1, 0.15) is 32.1 Å². The number of rotatable bonds is 2. The van der Waals surface area contributed by atoms with E-state index in [2.05, 4.69) is 5.32 Å². The second-order valence-corrected chi connectivity index (χ2v) is 3.66. The van der Waals surface area contributed by atoms with Crippen LogP contribution in [0.4, 0.5) is 0 Å². The van der Waals surface area contributed by atoms with E-state index in [-0.39, 0.29) is 5.91 Å². The molecule has 0 aliphatic heterocycles. The maximum Gasteiger partial charge on any atom is 0.220 e. The van der Waals surface area contributed by atoms with Crippen LogP contribution >= 0.6 is 0 Å². The van der Waals surface area contributed by atoms with Crippen LogP contribution in [-0.4, -0.2) is 19.0 Å². The van der Waals surface area contributed by atoms with Crippen LogP contribution in [0, 0.1) is 5.92 Å². The van der Waals surface area contributed by atoms with Crippen LogP contribution in [0.5, 0.6) is 0 Å². The van der Waals surface area contributed by atoms with E-state index in [9.17, 15) is 4.79 Å². The molecule has 0 bridgehead atoms. The number of amides is 1. The molecular formula is C9H18N2O. The first-order valence-electron chi connectivity index (χ1n) is 4.68. The molecule has 12 heavy (non-hydrogen) atoms. The van der Waals surface area contributed by atoms with Gasteiger partial charge in [0.15, 0.2) is 0 Å². The molecular weight excluding hydrogens is 152 g/mol. The molecule has 1 amide bonds. The molecule has 0 aromatic carbocycles. The van der Waals surface area contributed by atoms with Crippen molar-refractivity contribution in [3.8, 4) is 0 Å². The van der Waals surface area contributed by atoms with Gasteiger partial charge in [0.1, 0.15) is 0 Å². The van der Waals surface area contributed by atoms with E-state index in [1.54, 1.807) is 7.05 Å². The van der Waals surface area contributed by atoms with E-state index < -0.39 is 0 Å². The molecule has 0 saturated heterocycles. The molecule has 1 fully saturated rings. The van der Waals surface area contributed by atoms with Gasteiger partial charge in [-0.1, -0.05) is 0 Å². The van der Waals surface area contributed by atoms with E-state index in [0.29, 0.717) is 18.4 Å². The molecule has 70 valence electrons. The van der Waals surface area contributed by atoms with Crippen molar-refractivity contribution in [3.05, 3.63) is 0 Å². The topological polar surface area (TPSA) is 55.1 Å². The second kappa shape index (κ2) is 4.45. The summed E-state index contributed by atoms with van der Waals surface area (Å²) in [5, 5.41) is 2.65. The van der Waals surface area contributed by atoms with Gasteiger partial charge in [0.05, 0.1) is 0 Å². The highest BCUT2D eigenvalue weighted by Gasteiger charge is 2.20. The number of carbonyl (C=O) groups is 1. The summed E-state index contributed by atoms with van der Waals surface area (Å²) in [6.07, 6.45) is 5.09. The Morgan fingerprint density at radius 3 is 2.50 bits per heavy atom. The monoisotopic (exact) mass is 170 g/mol. The summed E-state index contributed by atoms with van der Waals surface area (Å²) in [6, 6.07) is 0.380. The van der Waals surface area contributed by atoms with E-state index in [0.717, 1.165) is 25.7 Å². The van der Waals surface area contributed by atoms with Crippen molar-refractivity contribution in [3.63, 3.8) is 0 Å². The highest BCUT2D eigenvalue weighted by molar-refractivity contribution is 5.75. The molecule has 0 atom stereocenters. The average Bonchev–Trinajstić information content (AvgIpc) is 2.09. The molecule has 0 heterocycles. The van der Waals surface area contributed by atoms with E-state index >= 15 is 0 Å². The van der Waals surface area contributed by atoms with Crippen molar-refractivity contribution >= 4 is 5.91 Å². The summed E-state index contributed by atoms with van der Waals surface area (Å²) in [7, 11) is 1.69. The predicted molar refractivity (Wildman–Crippen MR) is 48.6 cm³/mol. The lowest BCUT2D eigenvalue weighted by atomic mass is 9.84. The summed E-state index contributed by atoms with van der Waals surface area (Å²) in [5.74, 6) is 0.736. The lowest BCUT2D eigenvalue weighted by molar-refractivity contribution is -0.121. The molecule has 3 nitrogen and oxygen atoms in total. The summed E-state index contributed by atoms with van der Waals surface area (Å²) in [5.41, 5.74) is 5.76. The third kappa shape index (κ3) is 2.81. The van der Waals surface area contributed by atoms with Crippen molar-refractivity contribution in [2.75, 3.05) is 7.05 Å². The van der Waals surface area contributed by atoms with Crippen LogP contribution in [0.3, 0.4) is 0 Å². The standard InChI is InChI=1S/C9H18N2O/c1-11-9(12)6-7-2-4-8(10)5-3-7/h7-8H,2-6,10H2,1H3,(H,11,12). The van der Waals surface area contributed by atoms with Crippen molar-refractivity contribution in [1.29, 1.82) is 0 Å². The summed E-state index contributed by atoms with van der Waals surface area (Å²) >= 11 is 0. The third-order valence-electron chi connectivity index (χ3n) is 2.64. The minimum atomic E-state index is 0.162. The Labute approximate surface area is 73.7 Å². The number of carbonyl (C=O) groups excluding carboxylic acids is 1. The fourth-order valence-electron chi connectivity index (χ4n) is 1.76. The van der Waals surface area contributed by atoms with Crippen LogP contribution in [0.25, 0.3) is 0 Å². The second-order valence-electron chi connectivity index (χ2n) is 3.66. The van der Waals surface area contributed by atoms with Gasteiger partial charge in [-0.3, -0.25) is 4.79 Å². The van der Waals surface area contributed by atoms with Gasteiger partial charge in [0.25, 0.3) is 0 Å². The van der Waals surface area contributed by atoms with Gasteiger partial charge in [-0.25, -0.2) is 0 Å². The van der Waals surface area contributed by atoms with Crippen LogP contribution < -0.4 is 11.1 Å². The van der Waals surface area contributed by atoms with E-state index in [1.165, 1.54) is 0 Å². The zero-order chi connectivity index (χ0) is 8.97. The molecule has 0 aromatic heterocycles. The lowest BCUT2D eigenvalue weighted by Gasteiger charge is -2.25. The van der Waals surface area contributed by atoms with E-state index in [1.807, 2.05) is 0 Å². The average molecular weight is 170 g/mol. The zero-order valence-corrected chi connectivity index (χ0v) is 7.68. The first kappa shape index (κ1) is 9.52. The maximum absolute atomic E-state index is 11.0. The molecule has 3 N–H and O–H groups in total. The van der Waals surface area contributed by atoms with Gasteiger partial charge >= 0.3 is 0 Å². The van der Waals surface area contributed by atoms with Gasteiger partial charge in [0.2, 0.25) is 5.91 Å². The molecule has 0 aromatic rings. The Morgan fingerprint density at radius 2 is 2.00 bits per heavy atom. The molecule has 0 spiro atoms. The van der Waals surface area contributed by atoms with Gasteiger partial charge in [-0.15, -0.1) is 0 Å². The molecule has 1 saturated carbocycles. The van der Waals surface area contributed by atoms with Gasteiger partial charge in [-0.2, -0.15) is 0 Å². The van der Waals surface area contributed by atoms with Gasteiger partial charge in [0, 0.05) is 19.5 Å². The Hall–Kier alpha value is -0.570. The Bertz CT molecular complexity index is 151. The van der Waals surface area contributed by atoms with Crippen molar-refractivity contribution < 1.29 is 4.79 Å².